The summed E-state index contributed by atoms with van der Waals surface area (Å²) in [6.45, 7) is 3.82. The Morgan fingerprint density at radius 1 is 1.07 bits per heavy atom. The molecule has 2 rings (SSSR count). The van der Waals surface area contributed by atoms with Gasteiger partial charge in [-0.05, 0) is 38.1 Å². The Bertz CT molecular complexity index is 610. The van der Waals surface area contributed by atoms with E-state index >= 15 is 0 Å². The molecule has 0 bridgehead atoms. The lowest BCUT2D eigenvalue weighted by Gasteiger charge is -2.21. The second kappa shape index (κ2) is 12.5. The summed E-state index contributed by atoms with van der Waals surface area (Å²) in [5.41, 5.74) is 0. The number of rotatable bonds is 8. The van der Waals surface area contributed by atoms with Gasteiger partial charge in [-0.2, -0.15) is 0 Å². The molecular formula is C19H26N2O6. The zero-order chi connectivity index (χ0) is 20.1. The monoisotopic (exact) mass is 378 g/mol. The summed E-state index contributed by atoms with van der Waals surface area (Å²) in [6, 6.07) is 9.69. The van der Waals surface area contributed by atoms with Gasteiger partial charge in [0.2, 0.25) is 5.91 Å². The molecule has 1 saturated heterocycles. The molecule has 0 unspecified atom stereocenters. The van der Waals surface area contributed by atoms with Gasteiger partial charge < -0.3 is 19.8 Å². The Morgan fingerprint density at radius 2 is 1.63 bits per heavy atom. The number of hydrogen-bond acceptors (Lipinski definition) is 5. The number of para-hydroxylation sites is 1. The van der Waals surface area contributed by atoms with Crippen LogP contribution in [0.1, 0.15) is 12.8 Å². The van der Waals surface area contributed by atoms with Crippen molar-refractivity contribution in [3.05, 3.63) is 42.5 Å². The van der Waals surface area contributed by atoms with Gasteiger partial charge in [0.1, 0.15) is 12.4 Å². The van der Waals surface area contributed by atoms with Gasteiger partial charge in [-0.1, -0.05) is 18.2 Å². The van der Waals surface area contributed by atoms with Crippen LogP contribution in [0.2, 0.25) is 0 Å². The predicted octanol–water partition coefficient (Wildman–Crippen LogP) is 1.33. The van der Waals surface area contributed by atoms with E-state index in [1.807, 2.05) is 37.4 Å². The molecule has 1 heterocycles. The molecular weight excluding hydrogens is 352 g/mol. The quantitative estimate of drug-likeness (QED) is 0.657. The van der Waals surface area contributed by atoms with Gasteiger partial charge in [-0.3, -0.25) is 9.69 Å². The van der Waals surface area contributed by atoms with Gasteiger partial charge in [-0.25, -0.2) is 9.59 Å². The highest BCUT2D eigenvalue weighted by molar-refractivity contribution is 5.89. The Morgan fingerprint density at radius 3 is 2.15 bits per heavy atom. The molecule has 148 valence electrons. The Kier molecular flexibility index (Phi) is 10.2. The minimum absolute atomic E-state index is 0.179. The largest absolute Gasteiger partial charge is 0.492 e. The topological polar surface area (TPSA) is 107 Å². The highest BCUT2D eigenvalue weighted by Gasteiger charge is 2.17. The Hall–Kier alpha value is -2.87. The highest BCUT2D eigenvalue weighted by Crippen LogP contribution is 2.09. The third-order valence-electron chi connectivity index (χ3n) is 3.79. The fourth-order valence-corrected chi connectivity index (χ4v) is 2.34. The summed E-state index contributed by atoms with van der Waals surface area (Å²) in [4.78, 5) is 35.0. The first-order chi connectivity index (χ1) is 12.9. The molecule has 1 amide bonds. The van der Waals surface area contributed by atoms with Crippen LogP contribution < -0.4 is 4.74 Å². The Labute approximate surface area is 158 Å². The second-order valence-electron chi connectivity index (χ2n) is 5.97. The van der Waals surface area contributed by atoms with Gasteiger partial charge in [0.05, 0.1) is 13.1 Å². The van der Waals surface area contributed by atoms with Crippen molar-refractivity contribution in [2.24, 2.45) is 0 Å². The standard InChI is InChI=1S/C15H22N2O2.C4H4O4/c1-16(15(18)13-17-9-5-6-10-17)11-12-19-14-7-3-2-4-8-14;5-3(6)1-2-4(7)8/h2-4,7-8H,5-6,9-13H2,1H3;1-2H,(H,5,6)(H,7,8)/b;2-1+. The average Bonchev–Trinajstić information content (AvgIpc) is 3.14. The number of carbonyl (C=O) groups is 3. The van der Waals surface area contributed by atoms with Crippen molar-refractivity contribution in [3.63, 3.8) is 0 Å². The fraction of sp³-hybridized carbons (Fsp3) is 0.421. The van der Waals surface area contributed by atoms with Gasteiger partial charge >= 0.3 is 11.9 Å². The van der Waals surface area contributed by atoms with Crippen LogP contribution in [0.15, 0.2) is 42.5 Å². The van der Waals surface area contributed by atoms with Crippen molar-refractivity contribution < 1.29 is 29.3 Å². The summed E-state index contributed by atoms with van der Waals surface area (Å²) in [5.74, 6) is -1.48. The molecule has 1 aromatic rings. The van der Waals surface area contributed by atoms with Gasteiger partial charge in [0, 0.05) is 19.2 Å². The molecule has 1 aromatic carbocycles. The molecule has 27 heavy (non-hydrogen) atoms. The molecule has 0 atom stereocenters. The first-order valence-corrected chi connectivity index (χ1v) is 8.66. The highest BCUT2D eigenvalue weighted by atomic mass is 16.5. The summed E-state index contributed by atoms with van der Waals surface area (Å²) in [7, 11) is 1.84. The lowest BCUT2D eigenvalue weighted by Crippen LogP contribution is -2.38. The van der Waals surface area contributed by atoms with E-state index in [1.54, 1.807) is 4.90 Å². The number of ether oxygens (including phenoxy) is 1. The number of hydrogen-bond donors (Lipinski definition) is 2. The van der Waals surface area contributed by atoms with Crippen molar-refractivity contribution in [3.8, 4) is 5.75 Å². The van der Waals surface area contributed by atoms with E-state index in [0.29, 0.717) is 31.8 Å². The van der Waals surface area contributed by atoms with Crippen molar-refractivity contribution in [1.82, 2.24) is 9.80 Å². The SMILES string of the molecule is CN(CCOc1ccccc1)C(=O)CN1CCCC1.O=C(O)/C=C/C(=O)O. The van der Waals surface area contributed by atoms with E-state index in [-0.39, 0.29) is 5.91 Å². The summed E-state index contributed by atoms with van der Waals surface area (Å²) >= 11 is 0. The van der Waals surface area contributed by atoms with Crippen LogP contribution in [0.25, 0.3) is 0 Å². The average molecular weight is 378 g/mol. The molecule has 0 aliphatic carbocycles. The first kappa shape index (κ1) is 22.2. The molecule has 0 aromatic heterocycles. The van der Waals surface area contributed by atoms with Crippen LogP contribution in [0, 0.1) is 0 Å². The zero-order valence-corrected chi connectivity index (χ0v) is 15.4. The minimum Gasteiger partial charge on any atom is -0.492 e. The zero-order valence-electron chi connectivity index (χ0n) is 15.4. The van der Waals surface area contributed by atoms with E-state index in [1.165, 1.54) is 12.8 Å². The number of nitrogens with zero attached hydrogens (tertiary/aromatic N) is 2. The molecule has 0 spiro atoms. The van der Waals surface area contributed by atoms with Crippen molar-refractivity contribution in [2.75, 3.05) is 39.8 Å². The van der Waals surface area contributed by atoms with E-state index in [4.69, 9.17) is 14.9 Å². The summed E-state index contributed by atoms with van der Waals surface area (Å²) in [6.07, 6.45) is 3.55. The lowest BCUT2D eigenvalue weighted by atomic mass is 10.3. The third kappa shape index (κ3) is 10.7. The first-order valence-electron chi connectivity index (χ1n) is 8.66. The van der Waals surface area contributed by atoms with Crippen LogP contribution >= 0.6 is 0 Å². The molecule has 8 nitrogen and oxygen atoms in total. The van der Waals surface area contributed by atoms with Crippen LogP contribution in [-0.4, -0.2) is 77.7 Å². The van der Waals surface area contributed by atoms with E-state index < -0.39 is 11.9 Å². The number of likely N-dealkylation sites (N-methyl/N-ethyl adjacent to an activating group) is 1. The normalized spacial score (nSPS) is 13.7. The van der Waals surface area contributed by atoms with Gasteiger partial charge in [0.25, 0.3) is 0 Å². The maximum atomic E-state index is 12.0. The smallest absolute Gasteiger partial charge is 0.328 e. The number of carboxylic acids is 2. The van der Waals surface area contributed by atoms with Crippen LogP contribution in [0.3, 0.4) is 0 Å². The molecule has 1 fully saturated rings. The third-order valence-corrected chi connectivity index (χ3v) is 3.79. The second-order valence-corrected chi connectivity index (χ2v) is 5.97. The molecule has 0 saturated carbocycles. The van der Waals surface area contributed by atoms with E-state index in [9.17, 15) is 14.4 Å². The number of aliphatic carboxylic acids is 2. The minimum atomic E-state index is -1.26. The lowest BCUT2D eigenvalue weighted by molar-refractivity contribution is -0.134. The number of benzene rings is 1. The van der Waals surface area contributed by atoms with Crippen molar-refractivity contribution in [2.45, 2.75) is 12.8 Å². The molecule has 1 aliphatic rings. The fourth-order valence-electron chi connectivity index (χ4n) is 2.34. The van der Waals surface area contributed by atoms with Crippen molar-refractivity contribution in [1.29, 1.82) is 0 Å². The predicted molar refractivity (Wildman–Crippen MR) is 99.7 cm³/mol. The van der Waals surface area contributed by atoms with E-state index in [0.717, 1.165) is 18.8 Å². The van der Waals surface area contributed by atoms with Gasteiger partial charge in [-0.15, -0.1) is 0 Å². The number of carboxylic acid groups (broad SMARTS) is 2. The Balaban J connectivity index is 0.000000387. The molecule has 0 radical (unpaired) electrons. The maximum absolute atomic E-state index is 12.0. The van der Waals surface area contributed by atoms with Crippen molar-refractivity contribution >= 4 is 17.8 Å². The van der Waals surface area contributed by atoms with Crippen LogP contribution in [0.4, 0.5) is 0 Å². The van der Waals surface area contributed by atoms with Crippen LogP contribution in [-0.2, 0) is 14.4 Å². The molecule has 2 N–H and O–H groups in total. The number of likely N-dealkylation sites (tertiary alicyclic amines) is 1. The summed E-state index contributed by atoms with van der Waals surface area (Å²) < 4.78 is 5.59. The molecule has 8 heteroatoms. The van der Waals surface area contributed by atoms with E-state index in [2.05, 4.69) is 4.90 Å². The van der Waals surface area contributed by atoms with Gasteiger partial charge in [0.15, 0.2) is 0 Å². The number of amides is 1. The van der Waals surface area contributed by atoms with Crippen LogP contribution in [0.5, 0.6) is 5.75 Å². The maximum Gasteiger partial charge on any atom is 0.328 e. The molecule has 1 aliphatic heterocycles. The summed E-state index contributed by atoms with van der Waals surface area (Å²) in [5, 5.41) is 15.6. The number of carbonyl (C=O) groups excluding carboxylic acids is 1.